The average Bonchev–Trinajstić information content (AvgIpc) is 3.91. The summed E-state index contributed by atoms with van der Waals surface area (Å²) < 4.78 is 11.6. The van der Waals surface area contributed by atoms with Crippen LogP contribution in [0.4, 0.5) is 11.5 Å². The van der Waals surface area contributed by atoms with Gasteiger partial charge in [0.05, 0.1) is 11.7 Å². The van der Waals surface area contributed by atoms with Gasteiger partial charge in [0, 0.05) is 52.4 Å². The van der Waals surface area contributed by atoms with E-state index in [4.69, 9.17) is 14.7 Å². The molecule has 5 aromatic carbocycles. The van der Waals surface area contributed by atoms with Gasteiger partial charge in [0.25, 0.3) is 0 Å². The van der Waals surface area contributed by atoms with Crippen molar-refractivity contribution in [3.05, 3.63) is 169 Å². The van der Waals surface area contributed by atoms with E-state index in [0.29, 0.717) is 0 Å². The zero-order valence-electron chi connectivity index (χ0n) is 30.0. The maximum atomic E-state index is 7.17. The van der Waals surface area contributed by atoms with Crippen LogP contribution in [0.25, 0.3) is 67.3 Å². The van der Waals surface area contributed by atoms with Gasteiger partial charge in [0.15, 0.2) is 0 Å². The van der Waals surface area contributed by atoms with Crippen LogP contribution in [-0.4, -0.2) is 20.7 Å². The third-order valence-corrected chi connectivity index (χ3v) is 11.3. The minimum absolute atomic E-state index is 0.0674. The molecule has 54 heavy (non-hydrogen) atoms. The maximum Gasteiger partial charge on any atom is 0.328 e. The summed E-state index contributed by atoms with van der Waals surface area (Å²) in [4.78, 5) is 9.66. The zero-order valence-corrected chi connectivity index (χ0v) is 30.0. The Bertz CT molecular complexity index is 2900. The second-order valence-corrected chi connectivity index (χ2v) is 14.9. The van der Waals surface area contributed by atoms with Crippen molar-refractivity contribution in [1.82, 2.24) is 19.1 Å². The summed E-state index contributed by atoms with van der Waals surface area (Å²) in [6.45, 7) is 4.59. The van der Waals surface area contributed by atoms with Gasteiger partial charge in [-0.25, -0.2) is 4.98 Å². The molecule has 1 aliphatic carbocycles. The van der Waals surface area contributed by atoms with Gasteiger partial charge in [-0.05, 0) is 110 Å². The zero-order chi connectivity index (χ0) is 36.0. The van der Waals surface area contributed by atoms with Crippen molar-refractivity contribution < 1.29 is 4.74 Å². The smallest absolute Gasteiger partial charge is 0.328 e. The maximum absolute atomic E-state index is 7.17. The molecule has 8 aromatic rings. The highest BCUT2D eigenvalue weighted by Gasteiger charge is 2.34. The SMILES string of the molecule is CC1(C)C=Cc2cc3c(cc21)-c1ccc2c(ccn2-c2cc(-c4ccccc4)ccn2)c1Oc1ccc2c(c1-3)CC=[N+]2c1cc(-c2ccccc2)ccn1. The number of ether oxygens (including phenoxy) is 1. The molecule has 11 rings (SSSR count). The summed E-state index contributed by atoms with van der Waals surface area (Å²) in [5.41, 5.74) is 15.2. The number of hydrogen-bond donors (Lipinski definition) is 0. The van der Waals surface area contributed by atoms with Crippen LogP contribution >= 0.6 is 0 Å². The fourth-order valence-corrected chi connectivity index (χ4v) is 8.60. The molecule has 3 aromatic heterocycles. The Morgan fingerprint density at radius 2 is 1.44 bits per heavy atom. The fourth-order valence-electron chi connectivity index (χ4n) is 8.60. The van der Waals surface area contributed by atoms with Gasteiger partial charge in [0.1, 0.15) is 29.2 Å². The largest absolute Gasteiger partial charge is 0.455 e. The molecule has 0 saturated heterocycles. The number of nitrogens with zero attached hydrogens (tertiary/aromatic N) is 4. The first-order valence-electron chi connectivity index (χ1n) is 18.5. The Hall–Kier alpha value is -6.85. The van der Waals surface area contributed by atoms with Crippen LogP contribution in [0.1, 0.15) is 30.5 Å². The Balaban J connectivity index is 1.08. The Morgan fingerprint density at radius 1 is 0.685 bits per heavy atom. The van der Waals surface area contributed by atoms with Crippen LogP contribution in [0.5, 0.6) is 11.5 Å². The number of benzene rings is 5. The molecule has 256 valence electrons. The predicted molar refractivity (Wildman–Crippen MR) is 220 cm³/mol. The van der Waals surface area contributed by atoms with Gasteiger partial charge < -0.3 is 9.30 Å². The van der Waals surface area contributed by atoms with E-state index in [1.54, 1.807) is 0 Å². The summed E-state index contributed by atoms with van der Waals surface area (Å²) in [5, 5.41) is 1.05. The Kier molecular flexibility index (Phi) is 6.59. The normalized spacial score (nSPS) is 14.4. The van der Waals surface area contributed by atoms with E-state index in [0.717, 1.165) is 74.0 Å². The van der Waals surface area contributed by atoms with Gasteiger partial charge in [-0.15, -0.1) is 0 Å². The highest BCUT2D eigenvalue weighted by atomic mass is 16.5. The lowest BCUT2D eigenvalue weighted by molar-refractivity contribution is 0.493. The number of aromatic nitrogens is 3. The molecule has 3 aliphatic rings. The molecule has 0 radical (unpaired) electrons. The molecule has 0 fully saturated rings. The van der Waals surface area contributed by atoms with E-state index in [1.807, 2.05) is 18.5 Å². The number of allylic oxidation sites excluding steroid dienone is 1. The van der Waals surface area contributed by atoms with Crippen molar-refractivity contribution in [2.75, 3.05) is 0 Å². The third kappa shape index (κ3) is 4.68. The molecule has 2 aliphatic heterocycles. The van der Waals surface area contributed by atoms with E-state index < -0.39 is 0 Å². The molecule has 0 amide bonds. The molecular formula is C49H35N4O+. The molecule has 0 saturated carbocycles. The van der Waals surface area contributed by atoms with E-state index in [9.17, 15) is 0 Å². The standard InChI is InChI=1S/C49H35N4O/c1-49(2)22-17-35-27-40-39(30-41(35)49)36-13-14-43-38(21-26-53(43)46-29-34(19-24-51-46)32-11-7-4-8-12-32)48(36)54-44-16-15-42-37(47(40)44)20-25-52(42)45-28-33(18-23-50-45)31-9-5-3-6-10-31/h3-19,21-30H,20H2,1-2H3/q+1. The van der Waals surface area contributed by atoms with Gasteiger partial charge in [-0.2, -0.15) is 4.58 Å². The van der Waals surface area contributed by atoms with Crippen LogP contribution in [0.15, 0.2) is 152 Å². The van der Waals surface area contributed by atoms with Crippen LogP contribution in [-0.2, 0) is 11.8 Å². The van der Waals surface area contributed by atoms with Gasteiger partial charge in [-0.3, -0.25) is 0 Å². The van der Waals surface area contributed by atoms with Crippen molar-refractivity contribution in [2.24, 2.45) is 0 Å². The van der Waals surface area contributed by atoms with Gasteiger partial charge in [0.2, 0.25) is 0 Å². The first-order chi connectivity index (χ1) is 26.5. The highest BCUT2D eigenvalue weighted by Crippen LogP contribution is 2.54. The molecule has 0 spiro atoms. The Labute approximate surface area is 313 Å². The van der Waals surface area contributed by atoms with E-state index >= 15 is 0 Å². The van der Waals surface area contributed by atoms with Crippen molar-refractivity contribution in [3.63, 3.8) is 0 Å². The Morgan fingerprint density at radius 3 is 2.24 bits per heavy atom. The fraction of sp³-hybridized carbons (Fsp3) is 0.0816. The van der Waals surface area contributed by atoms with Crippen molar-refractivity contribution in [2.45, 2.75) is 25.7 Å². The first kappa shape index (κ1) is 30.7. The third-order valence-electron chi connectivity index (χ3n) is 11.3. The highest BCUT2D eigenvalue weighted by molar-refractivity contribution is 6.03. The minimum Gasteiger partial charge on any atom is -0.455 e. The second kappa shape index (κ2) is 11.6. The quantitative estimate of drug-likeness (QED) is 0.172. The summed E-state index contributed by atoms with van der Waals surface area (Å²) in [6, 6.07) is 45.2. The van der Waals surface area contributed by atoms with Crippen LogP contribution in [0.2, 0.25) is 0 Å². The monoisotopic (exact) mass is 695 g/mol. The van der Waals surface area contributed by atoms with E-state index in [2.05, 4.69) is 169 Å². The summed E-state index contributed by atoms with van der Waals surface area (Å²) in [5.74, 6) is 3.50. The van der Waals surface area contributed by atoms with Gasteiger partial charge >= 0.3 is 5.82 Å². The second-order valence-electron chi connectivity index (χ2n) is 14.9. The lowest BCUT2D eigenvalue weighted by atomic mass is 9.82. The number of rotatable bonds is 4. The lowest BCUT2D eigenvalue weighted by Crippen LogP contribution is -2.11. The molecule has 5 heteroatoms. The molecular weight excluding hydrogens is 661 g/mol. The van der Waals surface area contributed by atoms with Crippen molar-refractivity contribution in [1.29, 1.82) is 0 Å². The van der Waals surface area contributed by atoms with Crippen molar-refractivity contribution in [3.8, 4) is 61.8 Å². The summed E-state index contributed by atoms with van der Waals surface area (Å²) in [6.07, 6.45) is 13.5. The minimum atomic E-state index is -0.0674. The van der Waals surface area contributed by atoms with Crippen LogP contribution in [0, 0.1) is 0 Å². The topological polar surface area (TPSA) is 43.0 Å². The molecule has 5 nitrogen and oxygen atoms in total. The number of hydrogen-bond acceptors (Lipinski definition) is 3. The molecule has 0 atom stereocenters. The molecule has 0 bridgehead atoms. The molecule has 0 unspecified atom stereocenters. The van der Waals surface area contributed by atoms with Gasteiger partial charge in [-0.1, -0.05) is 86.7 Å². The van der Waals surface area contributed by atoms with Crippen LogP contribution in [0.3, 0.4) is 0 Å². The lowest BCUT2D eigenvalue weighted by Gasteiger charge is -2.21. The molecule has 5 heterocycles. The first-order valence-corrected chi connectivity index (χ1v) is 18.5. The van der Waals surface area contributed by atoms with Crippen molar-refractivity contribution >= 4 is 34.7 Å². The predicted octanol–water partition coefficient (Wildman–Crippen LogP) is 12.0. The number of pyridine rings is 2. The number of fused-ring (bicyclic) bond motifs is 10. The molecule has 0 N–H and O–H groups in total. The summed E-state index contributed by atoms with van der Waals surface area (Å²) in [7, 11) is 0. The van der Waals surface area contributed by atoms with E-state index in [1.165, 1.54) is 33.4 Å². The van der Waals surface area contributed by atoms with Crippen LogP contribution < -0.4 is 9.31 Å². The average molecular weight is 696 g/mol. The van der Waals surface area contributed by atoms with E-state index in [-0.39, 0.29) is 5.41 Å². The summed E-state index contributed by atoms with van der Waals surface area (Å²) >= 11 is 0.